The Morgan fingerprint density at radius 2 is 1.92 bits per heavy atom. The standard InChI is InChI=1S/C18H12ClNO5/c1-9(21)14(17(22)23)15-12-8-10(19)5-6-11(12)18(24)25-16(15)13-4-2-3-7-20-13/h2-8,21H,1H3,(H,22,23)/b14-9+. The molecule has 2 aromatic heterocycles. The van der Waals surface area contributed by atoms with Crippen molar-refractivity contribution < 1.29 is 19.4 Å². The maximum Gasteiger partial charge on any atom is 0.344 e. The van der Waals surface area contributed by atoms with Gasteiger partial charge in [-0.1, -0.05) is 17.7 Å². The van der Waals surface area contributed by atoms with Crippen molar-refractivity contribution in [1.82, 2.24) is 4.98 Å². The summed E-state index contributed by atoms with van der Waals surface area (Å²) >= 11 is 6.03. The minimum Gasteiger partial charge on any atom is -0.512 e. The predicted octanol–water partition coefficient (Wildman–Crippen LogP) is 3.88. The average molecular weight is 358 g/mol. The third kappa shape index (κ3) is 2.99. The number of aliphatic hydroxyl groups excluding tert-OH is 1. The van der Waals surface area contributed by atoms with Crippen LogP contribution in [0.1, 0.15) is 12.5 Å². The number of aromatic nitrogens is 1. The van der Waals surface area contributed by atoms with Gasteiger partial charge in [0.15, 0.2) is 5.76 Å². The number of allylic oxidation sites excluding steroid dienone is 1. The van der Waals surface area contributed by atoms with Gasteiger partial charge in [0.2, 0.25) is 0 Å². The van der Waals surface area contributed by atoms with Gasteiger partial charge in [-0.3, -0.25) is 4.98 Å². The van der Waals surface area contributed by atoms with Crippen molar-refractivity contribution in [3.8, 4) is 11.5 Å². The monoisotopic (exact) mass is 357 g/mol. The van der Waals surface area contributed by atoms with E-state index in [1.165, 1.54) is 31.3 Å². The molecule has 126 valence electrons. The highest BCUT2D eigenvalue weighted by molar-refractivity contribution is 6.32. The van der Waals surface area contributed by atoms with Crippen molar-refractivity contribution >= 4 is 33.9 Å². The highest BCUT2D eigenvalue weighted by atomic mass is 35.5. The molecule has 7 heteroatoms. The molecule has 0 aliphatic rings. The summed E-state index contributed by atoms with van der Waals surface area (Å²) in [5, 5.41) is 20.2. The van der Waals surface area contributed by atoms with Crippen LogP contribution in [0.15, 0.2) is 57.6 Å². The number of carboxylic acids is 1. The van der Waals surface area contributed by atoms with Crippen LogP contribution in [0.25, 0.3) is 27.8 Å². The summed E-state index contributed by atoms with van der Waals surface area (Å²) in [5.74, 6) is -1.85. The van der Waals surface area contributed by atoms with Crippen molar-refractivity contribution in [3.05, 3.63) is 69.4 Å². The molecule has 25 heavy (non-hydrogen) atoms. The summed E-state index contributed by atoms with van der Waals surface area (Å²) in [6, 6.07) is 9.32. The fourth-order valence-corrected chi connectivity index (χ4v) is 2.76. The van der Waals surface area contributed by atoms with Gasteiger partial charge in [0.05, 0.1) is 5.39 Å². The van der Waals surface area contributed by atoms with E-state index in [-0.39, 0.29) is 27.8 Å². The zero-order chi connectivity index (χ0) is 18.1. The molecule has 0 bridgehead atoms. The highest BCUT2D eigenvalue weighted by Crippen LogP contribution is 2.35. The molecule has 0 fully saturated rings. The van der Waals surface area contributed by atoms with Crippen LogP contribution in [-0.2, 0) is 4.79 Å². The van der Waals surface area contributed by atoms with Gasteiger partial charge in [0, 0.05) is 22.2 Å². The van der Waals surface area contributed by atoms with Gasteiger partial charge in [-0.05, 0) is 37.3 Å². The quantitative estimate of drug-likeness (QED) is 0.545. The van der Waals surface area contributed by atoms with E-state index in [9.17, 15) is 19.8 Å². The first kappa shape index (κ1) is 16.7. The highest BCUT2D eigenvalue weighted by Gasteiger charge is 2.25. The number of rotatable bonds is 3. The minimum atomic E-state index is -1.37. The number of carbonyl (C=O) groups is 1. The Bertz CT molecular complexity index is 1070. The third-order valence-electron chi connectivity index (χ3n) is 3.62. The lowest BCUT2D eigenvalue weighted by molar-refractivity contribution is -0.130. The fraction of sp³-hybridized carbons (Fsp3) is 0.0556. The molecule has 0 radical (unpaired) electrons. The lowest BCUT2D eigenvalue weighted by Crippen LogP contribution is -2.10. The number of carboxylic acid groups (broad SMARTS) is 1. The summed E-state index contributed by atoms with van der Waals surface area (Å²) in [7, 11) is 0. The molecule has 0 saturated carbocycles. The SMILES string of the molecule is C/C(O)=C(\C(=O)O)c1c(-c2ccccn2)oc(=O)c2ccc(Cl)cc12. The van der Waals surface area contributed by atoms with E-state index in [2.05, 4.69) is 4.98 Å². The van der Waals surface area contributed by atoms with E-state index in [0.29, 0.717) is 5.02 Å². The number of aliphatic hydroxyl groups is 1. The molecule has 3 rings (SSSR count). The van der Waals surface area contributed by atoms with E-state index in [4.69, 9.17) is 16.0 Å². The van der Waals surface area contributed by atoms with Gasteiger partial charge in [-0.2, -0.15) is 0 Å². The summed E-state index contributed by atoms with van der Waals surface area (Å²) in [6.07, 6.45) is 1.48. The molecule has 3 aromatic rings. The lowest BCUT2D eigenvalue weighted by atomic mass is 9.96. The molecule has 0 spiro atoms. The second kappa shape index (κ2) is 6.41. The molecule has 0 aliphatic heterocycles. The van der Waals surface area contributed by atoms with E-state index < -0.39 is 22.9 Å². The van der Waals surface area contributed by atoms with Crippen molar-refractivity contribution in [3.63, 3.8) is 0 Å². The number of fused-ring (bicyclic) bond motifs is 1. The van der Waals surface area contributed by atoms with Crippen molar-refractivity contribution in [1.29, 1.82) is 0 Å². The number of benzene rings is 1. The van der Waals surface area contributed by atoms with Gasteiger partial charge >= 0.3 is 11.6 Å². The first-order chi connectivity index (χ1) is 11.9. The molecule has 6 nitrogen and oxygen atoms in total. The number of pyridine rings is 1. The molecule has 0 aliphatic carbocycles. The number of halogens is 1. The topological polar surface area (TPSA) is 101 Å². The van der Waals surface area contributed by atoms with Crippen LogP contribution in [0.2, 0.25) is 5.02 Å². The Kier molecular flexibility index (Phi) is 4.29. The third-order valence-corrected chi connectivity index (χ3v) is 3.85. The zero-order valence-corrected chi connectivity index (χ0v) is 13.7. The molecule has 2 N–H and O–H groups in total. The second-order valence-corrected chi connectivity index (χ2v) is 5.70. The molecular formula is C18H12ClNO5. The van der Waals surface area contributed by atoms with E-state index in [1.54, 1.807) is 18.2 Å². The normalized spacial score (nSPS) is 12.1. The van der Waals surface area contributed by atoms with Gasteiger partial charge < -0.3 is 14.6 Å². The van der Waals surface area contributed by atoms with E-state index in [0.717, 1.165) is 0 Å². The Morgan fingerprint density at radius 3 is 2.52 bits per heavy atom. The zero-order valence-electron chi connectivity index (χ0n) is 13.0. The minimum absolute atomic E-state index is 0.0447. The van der Waals surface area contributed by atoms with Crippen molar-refractivity contribution in [2.45, 2.75) is 6.92 Å². The maximum absolute atomic E-state index is 12.3. The predicted molar refractivity (Wildman–Crippen MR) is 93.6 cm³/mol. The number of nitrogens with zero attached hydrogens (tertiary/aromatic N) is 1. The molecular weight excluding hydrogens is 346 g/mol. The van der Waals surface area contributed by atoms with Gasteiger partial charge in [0.25, 0.3) is 0 Å². The van der Waals surface area contributed by atoms with Crippen molar-refractivity contribution in [2.75, 3.05) is 0 Å². The first-order valence-corrected chi connectivity index (χ1v) is 7.59. The van der Waals surface area contributed by atoms with Crippen molar-refractivity contribution in [2.24, 2.45) is 0 Å². The molecule has 0 amide bonds. The molecule has 1 aromatic carbocycles. The van der Waals surface area contributed by atoms with Crippen LogP contribution in [0.3, 0.4) is 0 Å². The van der Waals surface area contributed by atoms with Crippen LogP contribution >= 0.6 is 11.6 Å². The van der Waals surface area contributed by atoms with Gasteiger partial charge in [-0.25, -0.2) is 9.59 Å². The average Bonchev–Trinajstić information content (AvgIpc) is 2.57. The lowest BCUT2D eigenvalue weighted by Gasteiger charge is -2.13. The fourth-order valence-electron chi connectivity index (χ4n) is 2.59. The smallest absolute Gasteiger partial charge is 0.344 e. The van der Waals surface area contributed by atoms with Crippen LogP contribution in [0, 0.1) is 0 Å². The van der Waals surface area contributed by atoms with E-state index in [1.807, 2.05) is 0 Å². The Labute approximate surface area is 146 Å². The maximum atomic E-state index is 12.3. The first-order valence-electron chi connectivity index (χ1n) is 7.21. The number of hydrogen-bond acceptors (Lipinski definition) is 5. The van der Waals surface area contributed by atoms with Crippen LogP contribution in [-0.4, -0.2) is 21.2 Å². The van der Waals surface area contributed by atoms with Gasteiger partial charge in [0.1, 0.15) is 17.0 Å². The second-order valence-electron chi connectivity index (χ2n) is 5.26. The number of aliphatic carboxylic acids is 1. The Balaban J connectivity index is 2.56. The van der Waals surface area contributed by atoms with Crippen LogP contribution in [0.5, 0.6) is 0 Å². The van der Waals surface area contributed by atoms with Crippen LogP contribution < -0.4 is 5.63 Å². The summed E-state index contributed by atoms with van der Waals surface area (Å²) < 4.78 is 5.36. The number of hydrogen-bond donors (Lipinski definition) is 2. The van der Waals surface area contributed by atoms with E-state index >= 15 is 0 Å². The summed E-state index contributed by atoms with van der Waals surface area (Å²) in [4.78, 5) is 28.2. The van der Waals surface area contributed by atoms with Crippen LogP contribution in [0.4, 0.5) is 0 Å². The molecule has 0 saturated heterocycles. The largest absolute Gasteiger partial charge is 0.512 e. The molecule has 0 atom stereocenters. The Morgan fingerprint density at radius 1 is 1.16 bits per heavy atom. The Hall–Kier alpha value is -3.12. The van der Waals surface area contributed by atoms with Gasteiger partial charge in [-0.15, -0.1) is 0 Å². The summed E-state index contributed by atoms with van der Waals surface area (Å²) in [6.45, 7) is 1.24. The molecule has 0 unspecified atom stereocenters. The summed E-state index contributed by atoms with van der Waals surface area (Å²) in [5.41, 5.74) is -0.743. The molecule has 2 heterocycles.